The van der Waals surface area contributed by atoms with Gasteiger partial charge in [0.05, 0.1) is 10.6 Å². The molecule has 2 aromatic rings. The molecule has 0 saturated heterocycles. The molecule has 0 spiro atoms. The van der Waals surface area contributed by atoms with Crippen LogP contribution in [0.2, 0.25) is 0 Å². The van der Waals surface area contributed by atoms with E-state index in [0.29, 0.717) is 17.0 Å². The molecule has 0 aliphatic carbocycles. The molecule has 0 fully saturated rings. The van der Waals surface area contributed by atoms with Crippen LogP contribution in [0.5, 0.6) is 0 Å². The Bertz CT molecular complexity index is 958. The molecule has 0 aliphatic rings. The maximum Gasteiger partial charge on any atom is 0.412 e. The van der Waals surface area contributed by atoms with E-state index in [-0.39, 0.29) is 4.90 Å². The highest BCUT2D eigenvalue weighted by atomic mass is 32.2. The minimum absolute atomic E-state index is 0.145. The summed E-state index contributed by atoms with van der Waals surface area (Å²) in [7, 11) is -3.73. The number of nitrogens with one attached hydrogen (secondary N) is 2. The second-order valence-corrected chi connectivity index (χ2v) is 8.97. The van der Waals surface area contributed by atoms with Gasteiger partial charge in [-0.2, -0.15) is 18.4 Å². The number of hydrazone groups is 1. The number of hydrogen-bond acceptors (Lipinski definition) is 5. The first-order chi connectivity index (χ1) is 13.0. The third-order valence-electron chi connectivity index (χ3n) is 3.61. The lowest BCUT2D eigenvalue weighted by Crippen LogP contribution is -2.27. The average molecular weight is 404 g/mol. The van der Waals surface area contributed by atoms with Crippen molar-refractivity contribution in [1.82, 2.24) is 4.83 Å². The van der Waals surface area contributed by atoms with Crippen LogP contribution < -0.4 is 10.1 Å². The zero-order valence-corrected chi connectivity index (χ0v) is 17.4. The molecule has 0 heterocycles. The maximum absolute atomic E-state index is 12.3. The molecule has 0 aliphatic heterocycles. The van der Waals surface area contributed by atoms with Crippen LogP contribution in [0.1, 0.15) is 38.8 Å². The van der Waals surface area contributed by atoms with Crippen molar-refractivity contribution in [3.05, 3.63) is 59.7 Å². The van der Waals surface area contributed by atoms with Crippen molar-refractivity contribution < 1.29 is 17.9 Å². The monoisotopic (exact) mass is 403 g/mol. The van der Waals surface area contributed by atoms with Gasteiger partial charge >= 0.3 is 6.09 Å². The van der Waals surface area contributed by atoms with Crippen molar-refractivity contribution in [3.8, 4) is 0 Å². The highest BCUT2D eigenvalue weighted by Crippen LogP contribution is 2.14. The number of ether oxygens (including phenoxy) is 1. The Morgan fingerprint density at radius 1 is 1.00 bits per heavy atom. The number of hydrogen-bond donors (Lipinski definition) is 2. The number of sulfonamides is 1. The molecule has 7 nitrogen and oxygen atoms in total. The number of rotatable bonds is 5. The van der Waals surface area contributed by atoms with Gasteiger partial charge in [0.2, 0.25) is 0 Å². The van der Waals surface area contributed by atoms with Gasteiger partial charge in [0.15, 0.2) is 0 Å². The van der Waals surface area contributed by atoms with Gasteiger partial charge in [-0.15, -0.1) is 0 Å². The van der Waals surface area contributed by atoms with Crippen molar-refractivity contribution in [2.45, 2.75) is 45.1 Å². The predicted molar refractivity (Wildman–Crippen MR) is 110 cm³/mol. The largest absolute Gasteiger partial charge is 0.444 e. The number of anilines is 1. The van der Waals surface area contributed by atoms with Crippen LogP contribution in [0, 0.1) is 6.92 Å². The van der Waals surface area contributed by atoms with Crippen LogP contribution in [-0.4, -0.2) is 25.8 Å². The smallest absolute Gasteiger partial charge is 0.412 e. The molecule has 0 atom stereocenters. The summed E-state index contributed by atoms with van der Waals surface area (Å²) in [6, 6.07) is 13.3. The van der Waals surface area contributed by atoms with Crippen LogP contribution in [0.4, 0.5) is 10.5 Å². The molecule has 0 radical (unpaired) electrons. The number of amides is 1. The fraction of sp³-hybridized carbons (Fsp3) is 0.300. The van der Waals surface area contributed by atoms with Gasteiger partial charge in [-0.3, -0.25) is 5.32 Å². The fourth-order valence-electron chi connectivity index (χ4n) is 2.18. The molecule has 0 aromatic heterocycles. The Morgan fingerprint density at radius 2 is 1.57 bits per heavy atom. The Kier molecular flexibility index (Phi) is 6.45. The van der Waals surface area contributed by atoms with Crippen LogP contribution in [0.25, 0.3) is 0 Å². The van der Waals surface area contributed by atoms with Crippen LogP contribution in [0.3, 0.4) is 0 Å². The fourth-order valence-corrected chi connectivity index (χ4v) is 3.04. The van der Waals surface area contributed by atoms with Gasteiger partial charge in [-0.1, -0.05) is 29.8 Å². The Morgan fingerprint density at radius 3 is 2.11 bits per heavy atom. The summed E-state index contributed by atoms with van der Waals surface area (Å²) in [5.41, 5.74) is 2.15. The van der Waals surface area contributed by atoms with Crippen molar-refractivity contribution >= 4 is 27.5 Å². The van der Waals surface area contributed by atoms with Crippen LogP contribution in [-0.2, 0) is 14.8 Å². The van der Waals surface area contributed by atoms with Crippen molar-refractivity contribution in [3.63, 3.8) is 0 Å². The molecule has 2 aromatic carbocycles. The number of benzene rings is 2. The second kappa shape index (κ2) is 8.43. The summed E-state index contributed by atoms with van der Waals surface area (Å²) in [5.74, 6) is 0. The zero-order chi connectivity index (χ0) is 20.9. The van der Waals surface area contributed by atoms with E-state index in [4.69, 9.17) is 4.74 Å². The van der Waals surface area contributed by atoms with E-state index in [9.17, 15) is 13.2 Å². The van der Waals surface area contributed by atoms with E-state index in [1.807, 2.05) is 6.92 Å². The van der Waals surface area contributed by atoms with Gasteiger partial charge in [-0.05, 0) is 64.4 Å². The van der Waals surface area contributed by atoms with Gasteiger partial charge < -0.3 is 4.74 Å². The Labute approximate surface area is 165 Å². The van der Waals surface area contributed by atoms with Crippen LogP contribution >= 0.6 is 0 Å². The van der Waals surface area contributed by atoms with Crippen molar-refractivity contribution in [2.75, 3.05) is 5.32 Å². The molecule has 150 valence electrons. The molecule has 1 amide bonds. The summed E-state index contributed by atoms with van der Waals surface area (Å²) in [6.07, 6.45) is -0.545. The summed E-state index contributed by atoms with van der Waals surface area (Å²) in [6.45, 7) is 8.93. The van der Waals surface area contributed by atoms with E-state index < -0.39 is 21.7 Å². The minimum Gasteiger partial charge on any atom is -0.444 e. The van der Waals surface area contributed by atoms with Crippen molar-refractivity contribution in [2.24, 2.45) is 5.10 Å². The lowest BCUT2D eigenvalue weighted by atomic mass is 10.1. The molecule has 0 bridgehead atoms. The summed E-state index contributed by atoms with van der Waals surface area (Å²) >= 11 is 0. The van der Waals surface area contributed by atoms with E-state index in [2.05, 4.69) is 15.2 Å². The average Bonchev–Trinajstić information content (AvgIpc) is 2.59. The molecule has 0 saturated carbocycles. The highest BCUT2D eigenvalue weighted by molar-refractivity contribution is 7.89. The molecular weight excluding hydrogens is 378 g/mol. The standard InChI is InChI=1S/C20H25N3O4S/c1-14-6-12-18(13-7-14)28(25,26)23-22-15(2)16-8-10-17(11-9-16)21-19(24)27-20(3,4)5/h6-13,23H,1-5H3,(H,21,24)/b22-15-. The first-order valence-electron chi connectivity index (χ1n) is 8.69. The zero-order valence-electron chi connectivity index (χ0n) is 16.6. The van der Waals surface area contributed by atoms with Crippen LogP contribution in [0.15, 0.2) is 58.5 Å². The summed E-state index contributed by atoms with van der Waals surface area (Å²) in [5, 5.41) is 6.60. The molecule has 2 N–H and O–H groups in total. The third kappa shape index (κ3) is 6.38. The van der Waals surface area contributed by atoms with E-state index >= 15 is 0 Å². The van der Waals surface area contributed by atoms with Gasteiger partial charge in [0.1, 0.15) is 5.60 Å². The highest BCUT2D eigenvalue weighted by Gasteiger charge is 2.16. The Hall–Kier alpha value is -2.87. The minimum atomic E-state index is -3.73. The summed E-state index contributed by atoms with van der Waals surface area (Å²) in [4.78, 5) is 14.2. The van der Waals surface area contributed by atoms with Gasteiger partial charge in [0, 0.05) is 5.69 Å². The number of nitrogens with zero attached hydrogens (tertiary/aromatic N) is 1. The second-order valence-electron chi connectivity index (χ2n) is 7.31. The Balaban J connectivity index is 2.04. The summed E-state index contributed by atoms with van der Waals surface area (Å²) < 4.78 is 29.8. The lowest BCUT2D eigenvalue weighted by molar-refractivity contribution is 0.0636. The SMILES string of the molecule is C/C(=N/NS(=O)(=O)c1ccc(C)cc1)c1ccc(NC(=O)OC(C)(C)C)cc1. The molecular formula is C20H25N3O4S. The normalized spacial score (nSPS) is 12.4. The first kappa shape index (κ1) is 21.4. The number of aryl methyl sites for hydroxylation is 1. The van der Waals surface area contributed by atoms with Gasteiger partial charge in [0.25, 0.3) is 10.0 Å². The van der Waals surface area contributed by atoms with Crippen molar-refractivity contribution in [1.29, 1.82) is 0 Å². The third-order valence-corrected chi connectivity index (χ3v) is 4.84. The topological polar surface area (TPSA) is 96.9 Å². The van der Waals surface area contributed by atoms with E-state index in [1.54, 1.807) is 64.1 Å². The molecule has 8 heteroatoms. The quantitative estimate of drug-likeness (QED) is 0.581. The molecule has 2 rings (SSSR count). The number of carbonyl (C=O) groups excluding carboxylic acids is 1. The number of carbonyl (C=O) groups is 1. The maximum atomic E-state index is 12.3. The lowest BCUT2D eigenvalue weighted by Gasteiger charge is -2.19. The van der Waals surface area contributed by atoms with E-state index in [1.165, 1.54) is 12.1 Å². The van der Waals surface area contributed by atoms with Gasteiger partial charge in [-0.25, -0.2) is 4.79 Å². The van der Waals surface area contributed by atoms with E-state index in [0.717, 1.165) is 5.56 Å². The first-order valence-corrected chi connectivity index (χ1v) is 10.2. The predicted octanol–water partition coefficient (Wildman–Crippen LogP) is 4.04. The molecule has 0 unspecified atom stereocenters. The molecule has 28 heavy (non-hydrogen) atoms.